The number of nitrogens with zero attached hydrogens (tertiary/aromatic N) is 2. The molecule has 2 nitrogen and oxygen atoms in total. The zero-order valence-electron chi connectivity index (χ0n) is 10.7. The highest BCUT2D eigenvalue weighted by atomic mass is 15.2. The van der Waals surface area contributed by atoms with Crippen molar-refractivity contribution in [3.05, 3.63) is 29.6 Å². The number of aryl methyl sites for hydroxylation is 1. The van der Waals surface area contributed by atoms with Crippen molar-refractivity contribution in [2.75, 3.05) is 13.1 Å². The first-order valence-corrected chi connectivity index (χ1v) is 7.08. The Morgan fingerprint density at radius 3 is 3.24 bits per heavy atom. The molecule has 17 heavy (non-hydrogen) atoms. The van der Waals surface area contributed by atoms with Crippen LogP contribution in [-0.2, 0) is 6.42 Å². The quantitative estimate of drug-likeness (QED) is 0.776. The van der Waals surface area contributed by atoms with Gasteiger partial charge in [0.15, 0.2) is 0 Å². The average Bonchev–Trinajstić information content (AvgIpc) is 2.39. The van der Waals surface area contributed by atoms with Gasteiger partial charge >= 0.3 is 0 Å². The van der Waals surface area contributed by atoms with Crippen LogP contribution in [0.3, 0.4) is 0 Å². The zero-order chi connectivity index (χ0) is 11.7. The molecule has 1 aliphatic heterocycles. The van der Waals surface area contributed by atoms with Crippen LogP contribution in [0.15, 0.2) is 18.3 Å². The predicted octanol–water partition coefficient (Wildman–Crippen LogP) is 2.99. The summed E-state index contributed by atoms with van der Waals surface area (Å²) in [6, 6.07) is 5.22. The summed E-state index contributed by atoms with van der Waals surface area (Å²) in [4.78, 5) is 7.29. The van der Waals surface area contributed by atoms with E-state index in [0.29, 0.717) is 0 Å². The van der Waals surface area contributed by atoms with Gasteiger partial charge in [-0.15, -0.1) is 0 Å². The third-order valence-electron chi connectivity index (χ3n) is 4.41. The first kappa shape index (κ1) is 11.2. The van der Waals surface area contributed by atoms with E-state index in [9.17, 15) is 0 Å². The summed E-state index contributed by atoms with van der Waals surface area (Å²) in [6.45, 7) is 4.88. The van der Waals surface area contributed by atoms with Crippen molar-refractivity contribution < 1.29 is 0 Å². The first-order chi connectivity index (χ1) is 8.40. The van der Waals surface area contributed by atoms with Crippen molar-refractivity contribution in [3.63, 3.8) is 0 Å². The van der Waals surface area contributed by atoms with Gasteiger partial charge in [0.1, 0.15) is 0 Å². The molecule has 0 radical (unpaired) electrons. The molecule has 0 bridgehead atoms. The molecule has 1 aromatic heterocycles. The van der Waals surface area contributed by atoms with Crippen LogP contribution in [-0.4, -0.2) is 29.0 Å². The number of aromatic nitrogens is 1. The van der Waals surface area contributed by atoms with Crippen LogP contribution in [0, 0.1) is 0 Å². The van der Waals surface area contributed by atoms with Gasteiger partial charge in [-0.2, -0.15) is 0 Å². The normalized spacial score (nSPS) is 28.5. The standard InChI is InChI=1S/C15H22N2/c1-2-10-17-11-4-6-13-12-5-3-9-16-14(12)7-8-15(13)17/h3,5,9,13,15H,2,4,6-8,10-11H2,1H3/t13-,15-/m0/s1. The van der Waals surface area contributed by atoms with Gasteiger partial charge in [0.25, 0.3) is 0 Å². The SMILES string of the molecule is CCCN1CCC[C@H]2c3cccnc3CC[C@@H]21. The van der Waals surface area contributed by atoms with Crippen LogP contribution in [0.25, 0.3) is 0 Å². The van der Waals surface area contributed by atoms with E-state index < -0.39 is 0 Å². The largest absolute Gasteiger partial charge is 0.300 e. The minimum absolute atomic E-state index is 0.757. The number of likely N-dealkylation sites (tertiary alicyclic amines) is 1. The van der Waals surface area contributed by atoms with E-state index in [2.05, 4.69) is 28.9 Å². The lowest BCUT2D eigenvalue weighted by atomic mass is 9.76. The maximum absolute atomic E-state index is 4.56. The van der Waals surface area contributed by atoms with Crippen molar-refractivity contribution in [2.24, 2.45) is 0 Å². The predicted molar refractivity (Wildman–Crippen MR) is 70.2 cm³/mol. The maximum atomic E-state index is 4.56. The summed E-state index contributed by atoms with van der Waals surface area (Å²) in [6.07, 6.45) is 8.44. The number of hydrogen-bond acceptors (Lipinski definition) is 2. The number of hydrogen-bond donors (Lipinski definition) is 0. The van der Waals surface area contributed by atoms with Gasteiger partial charge in [-0.25, -0.2) is 0 Å². The highest BCUT2D eigenvalue weighted by Crippen LogP contribution is 2.39. The summed E-state index contributed by atoms with van der Waals surface area (Å²) in [5, 5.41) is 0. The fourth-order valence-electron chi connectivity index (χ4n) is 3.72. The summed E-state index contributed by atoms with van der Waals surface area (Å²) < 4.78 is 0. The molecule has 1 aromatic rings. The molecule has 1 saturated heterocycles. The Bertz CT molecular complexity index is 386. The maximum Gasteiger partial charge on any atom is 0.0439 e. The molecule has 2 heteroatoms. The number of rotatable bonds is 2. The molecule has 0 amide bonds. The van der Waals surface area contributed by atoms with E-state index in [-0.39, 0.29) is 0 Å². The van der Waals surface area contributed by atoms with Gasteiger partial charge in [0.2, 0.25) is 0 Å². The first-order valence-electron chi connectivity index (χ1n) is 7.08. The summed E-state index contributed by atoms with van der Waals surface area (Å²) >= 11 is 0. The van der Waals surface area contributed by atoms with Crippen molar-refractivity contribution in [1.29, 1.82) is 0 Å². The molecule has 0 unspecified atom stereocenters. The Kier molecular flexibility index (Phi) is 3.15. The Morgan fingerprint density at radius 2 is 2.35 bits per heavy atom. The third kappa shape index (κ3) is 1.99. The molecule has 2 atom stereocenters. The third-order valence-corrected chi connectivity index (χ3v) is 4.41. The molecule has 0 spiro atoms. The highest BCUT2D eigenvalue weighted by Gasteiger charge is 2.35. The monoisotopic (exact) mass is 230 g/mol. The van der Waals surface area contributed by atoms with Crippen LogP contribution < -0.4 is 0 Å². The van der Waals surface area contributed by atoms with Gasteiger partial charge in [-0.3, -0.25) is 9.88 Å². The van der Waals surface area contributed by atoms with Crippen LogP contribution >= 0.6 is 0 Å². The van der Waals surface area contributed by atoms with E-state index in [0.717, 1.165) is 12.0 Å². The molecule has 3 rings (SSSR count). The Balaban J connectivity index is 1.88. The van der Waals surface area contributed by atoms with Crippen LogP contribution in [0.1, 0.15) is 49.8 Å². The fraction of sp³-hybridized carbons (Fsp3) is 0.667. The zero-order valence-corrected chi connectivity index (χ0v) is 10.7. The molecular weight excluding hydrogens is 208 g/mol. The molecular formula is C15H22N2. The summed E-state index contributed by atoms with van der Waals surface area (Å²) in [7, 11) is 0. The number of piperidine rings is 1. The molecule has 0 aromatic carbocycles. The van der Waals surface area contributed by atoms with Gasteiger partial charge in [0, 0.05) is 23.9 Å². The molecule has 1 fully saturated rings. The highest BCUT2D eigenvalue weighted by molar-refractivity contribution is 5.29. The second kappa shape index (κ2) is 4.77. The summed E-state index contributed by atoms with van der Waals surface area (Å²) in [5.74, 6) is 0.757. The Hall–Kier alpha value is -0.890. The van der Waals surface area contributed by atoms with Crippen molar-refractivity contribution in [2.45, 2.75) is 51.0 Å². The van der Waals surface area contributed by atoms with Crippen molar-refractivity contribution >= 4 is 0 Å². The smallest absolute Gasteiger partial charge is 0.0439 e. The Morgan fingerprint density at radius 1 is 1.41 bits per heavy atom. The lowest BCUT2D eigenvalue weighted by molar-refractivity contribution is 0.112. The summed E-state index contributed by atoms with van der Waals surface area (Å²) in [5.41, 5.74) is 2.91. The van der Waals surface area contributed by atoms with Crippen LogP contribution in [0.2, 0.25) is 0 Å². The number of pyridine rings is 1. The van der Waals surface area contributed by atoms with Crippen LogP contribution in [0.5, 0.6) is 0 Å². The Labute approximate surface area is 104 Å². The van der Waals surface area contributed by atoms with Crippen molar-refractivity contribution in [3.8, 4) is 0 Å². The van der Waals surface area contributed by atoms with E-state index in [1.54, 1.807) is 5.56 Å². The van der Waals surface area contributed by atoms with Gasteiger partial charge < -0.3 is 0 Å². The topological polar surface area (TPSA) is 16.1 Å². The van der Waals surface area contributed by atoms with E-state index in [1.165, 1.54) is 50.9 Å². The molecule has 92 valence electrons. The molecule has 1 aliphatic carbocycles. The lowest BCUT2D eigenvalue weighted by Gasteiger charge is -2.44. The molecule has 2 heterocycles. The second-order valence-electron chi connectivity index (χ2n) is 5.43. The van der Waals surface area contributed by atoms with Gasteiger partial charge in [0.05, 0.1) is 0 Å². The second-order valence-corrected chi connectivity index (χ2v) is 5.43. The van der Waals surface area contributed by atoms with Gasteiger partial charge in [-0.05, 0) is 56.8 Å². The lowest BCUT2D eigenvalue weighted by Crippen LogP contribution is -2.46. The molecule has 0 saturated carbocycles. The van der Waals surface area contributed by atoms with E-state index >= 15 is 0 Å². The van der Waals surface area contributed by atoms with Crippen LogP contribution in [0.4, 0.5) is 0 Å². The average molecular weight is 230 g/mol. The number of fused-ring (bicyclic) bond motifs is 3. The molecule has 2 aliphatic rings. The van der Waals surface area contributed by atoms with E-state index in [4.69, 9.17) is 0 Å². The van der Waals surface area contributed by atoms with Gasteiger partial charge in [-0.1, -0.05) is 13.0 Å². The molecule has 0 N–H and O–H groups in total. The van der Waals surface area contributed by atoms with E-state index in [1.807, 2.05) is 6.20 Å². The van der Waals surface area contributed by atoms with Crippen molar-refractivity contribution in [1.82, 2.24) is 9.88 Å². The minimum atomic E-state index is 0.757. The minimum Gasteiger partial charge on any atom is -0.300 e. The fourth-order valence-corrected chi connectivity index (χ4v) is 3.72.